The minimum absolute atomic E-state index is 0.273. The fourth-order valence-electron chi connectivity index (χ4n) is 3.01. The summed E-state index contributed by atoms with van der Waals surface area (Å²) in [5, 5.41) is 13.1. The summed E-state index contributed by atoms with van der Waals surface area (Å²) in [5.41, 5.74) is 1.60. The Balaban J connectivity index is 1.82. The molecule has 124 valence electrons. The number of hydrogen-bond donors (Lipinski definition) is 3. The predicted molar refractivity (Wildman–Crippen MR) is 87.8 cm³/mol. The van der Waals surface area contributed by atoms with E-state index in [4.69, 9.17) is 9.15 Å². The van der Waals surface area contributed by atoms with Crippen LogP contribution in [0.4, 0.5) is 5.69 Å². The van der Waals surface area contributed by atoms with E-state index in [0.717, 1.165) is 42.9 Å². The lowest BCUT2D eigenvalue weighted by molar-refractivity contribution is 0.342. The molecule has 0 radical (unpaired) electrons. The van der Waals surface area contributed by atoms with Crippen LogP contribution >= 0.6 is 0 Å². The quantitative estimate of drug-likeness (QED) is 0.779. The van der Waals surface area contributed by atoms with E-state index in [0.29, 0.717) is 12.0 Å². The fraction of sp³-hybridized carbons (Fsp3) is 0.500. The molecule has 3 rings (SSSR count). The molecular formula is C16H22N4O3. The van der Waals surface area contributed by atoms with Crippen molar-refractivity contribution in [2.24, 2.45) is 5.92 Å². The molecule has 1 aromatic heterocycles. The van der Waals surface area contributed by atoms with E-state index in [9.17, 15) is 4.79 Å². The van der Waals surface area contributed by atoms with Crippen LogP contribution in [-0.4, -0.2) is 36.4 Å². The molecule has 3 N–H and O–H groups in total. The van der Waals surface area contributed by atoms with Crippen LogP contribution in [0.3, 0.4) is 0 Å². The first-order chi connectivity index (χ1) is 11.2. The molecule has 7 heteroatoms. The standard InChI is InChI=1S/C16H22N4O3/c1-10(11-5-7-17-8-6-11)18-13-9-12(3-4-14(13)22-2)15-19-20-16(21)23-15/h3-4,9-11,17-18H,5-8H2,1-2H3,(H,20,21). The lowest BCUT2D eigenvalue weighted by Gasteiger charge is -2.30. The molecule has 23 heavy (non-hydrogen) atoms. The lowest BCUT2D eigenvalue weighted by atomic mass is 9.91. The van der Waals surface area contributed by atoms with Crippen molar-refractivity contribution >= 4 is 5.69 Å². The Morgan fingerprint density at radius 1 is 1.39 bits per heavy atom. The minimum Gasteiger partial charge on any atom is -0.495 e. The first kappa shape index (κ1) is 15.6. The number of benzene rings is 1. The third kappa shape index (κ3) is 3.56. The van der Waals surface area contributed by atoms with Crippen molar-refractivity contribution in [3.8, 4) is 17.2 Å². The summed E-state index contributed by atoms with van der Waals surface area (Å²) >= 11 is 0. The number of nitrogens with one attached hydrogen (secondary N) is 3. The normalized spacial score (nSPS) is 17.0. The van der Waals surface area contributed by atoms with Crippen molar-refractivity contribution in [1.82, 2.24) is 15.5 Å². The summed E-state index contributed by atoms with van der Waals surface area (Å²) in [4.78, 5) is 11.1. The number of anilines is 1. The summed E-state index contributed by atoms with van der Waals surface area (Å²) in [6.07, 6.45) is 2.31. The van der Waals surface area contributed by atoms with Gasteiger partial charge in [-0.25, -0.2) is 9.89 Å². The highest BCUT2D eigenvalue weighted by Crippen LogP contribution is 2.31. The summed E-state index contributed by atoms with van der Waals surface area (Å²) in [6, 6.07) is 5.89. The Labute approximate surface area is 134 Å². The smallest absolute Gasteiger partial charge is 0.434 e. The Morgan fingerprint density at radius 3 is 2.83 bits per heavy atom. The first-order valence-electron chi connectivity index (χ1n) is 7.88. The van der Waals surface area contributed by atoms with E-state index in [1.165, 1.54) is 0 Å². The molecule has 0 spiro atoms. The fourth-order valence-corrected chi connectivity index (χ4v) is 3.01. The van der Waals surface area contributed by atoms with E-state index in [1.807, 2.05) is 18.2 Å². The first-order valence-corrected chi connectivity index (χ1v) is 7.88. The molecule has 1 aromatic carbocycles. The topological polar surface area (TPSA) is 92.2 Å². The van der Waals surface area contributed by atoms with E-state index in [2.05, 4.69) is 27.8 Å². The molecule has 2 aromatic rings. The largest absolute Gasteiger partial charge is 0.495 e. The molecule has 1 atom stereocenters. The number of hydrogen-bond acceptors (Lipinski definition) is 6. The van der Waals surface area contributed by atoms with E-state index in [1.54, 1.807) is 7.11 Å². The molecule has 1 saturated heterocycles. The van der Waals surface area contributed by atoms with Gasteiger partial charge in [0.1, 0.15) is 5.75 Å². The maximum Gasteiger partial charge on any atom is 0.434 e. The molecule has 7 nitrogen and oxygen atoms in total. The number of aromatic amines is 1. The summed E-state index contributed by atoms with van der Waals surface area (Å²) < 4.78 is 10.5. The monoisotopic (exact) mass is 318 g/mol. The molecule has 0 amide bonds. The van der Waals surface area contributed by atoms with Gasteiger partial charge in [0.05, 0.1) is 12.8 Å². The van der Waals surface area contributed by atoms with Gasteiger partial charge in [-0.05, 0) is 57.0 Å². The van der Waals surface area contributed by atoms with Gasteiger partial charge in [-0.2, -0.15) is 0 Å². The van der Waals surface area contributed by atoms with Crippen LogP contribution in [-0.2, 0) is 0 Å². The second-order valence-electron chi connectivity index (χ2n) is 5.85. The third-order valence-corrected chi connectivity index (χ3v) is 4.36. The van der Waals surface area contributed by atoms with Crippen molar-refractivity contribution in [1.29, 1.82) is 0 Å². The maximum absolute atomic E-state index is 11.1. The van der Waals surface area contributed by atoms with Gasteiger partial charge in [-0.1, -0.05) is 0 Å². The van der Waals surface area contributed by atoms with Crippen LogP contribution in [0.2, 0.25) is 0 Å². The number of H-pyrrole nitrogens is 1. The molecule has 0 saturated carbocycles. The SMILES string of the molecule is COc1ccc(-c2n[nH]c(=O)o2)cc1NC(C)C1CCNCC1. The van der Waals surface area contributed by atoms with E-state index < -0.39 is 5.76 Å². The van der Waals surface area contributed by atoms with Crippen molar-refractivity contribution < 1.29 is 9.15 Å². The van der Waals surface area contributed by atoms with Crippen LogP contribution in [0.15, 0.2) is 27.4 Å². The number of rotatable bonds is 5. The zero-order chi connectivity index (χ0) is 16.2. The van der Waals surface area contributed by atoms with Gasteiger partial charge >= 0.3 is 5.76 Å². The van der Waals surface area contributed by atoms with Crippen molar-refractivity contribution in [3.05, 3.63) is 28.7 Å². The zero-order valence-corrected chi connectivity index (χ0v) is 13.4. The number of ether oxygens (including phenoxy) is 1. The molecule has 0 bridgehead atoms. The number of nitrogens with zero attached hydrogens (tertiary/aromatic N) is 1. The maximum atomic E-state index is 11.1. The summed E-state index contributed by atoms with van der Waals surface area (Å²) in [6.45, 7) is 4.31. The Kier molecular flexibility index (Phi) is 4.66. The van der Waals surface area contributed by atoms with Crippen molar-refractivity contribution in [3.63, 3.8) is 0 Å². The van der Waals surface area contributed by atoms with Crippen LogP contribution in [0.5, 0.6) is 5.75 Å². The second-order valence-corrected chi connectivity index (χ2v) is 5.85. The highest BCUT2D eigenvalue weighted by molar-refractivity contribution is 5.67. The van der Waals surface area contributed by atoms with Gasteiger partial charge in [0.2, 0.25) is 5.89 Å². The average molecular weight is 318 g/mol. The van der Waals surface area contributed by atoms with Crippen LogP contribution in [0.25, 0.3) is 11.5 Å². The zero-order valence-electron chi connectivity index (χ0n) is 13.4. The predicted octanol–water partition coefficient (Wildman–Crippen LogP) is 1.84. The molecule has 1 aliphatic heterocycles. The second kappa shape index (κ2) is 6.87. The van der Waals surface area contributed by atoms with Gasteiger partial charge in [0.15, 0.2) is 0 Å². The Hall–Kier alpha value is -2.28. The van der Waals surface area contributed by atoms with Gasteiger partial charge < -0.3 is 19.8 Å². The summed E-state index contributed by atoms with van der Waals surface area (Å²) in [7, 11) is 1.64. The Bertz CT molecular complexity index is 703. The van der Waals surface area contributed by atoms with Gasteiger partial charge in [-0.3, -0.25) is 0 Å². The van der Waals surface area contributed by atoms with Crippen molar-refractivity contribution in [2.75, 3.05) is 25.5 Å². The minimum atomic E-state index is -0.562. The molecule has 1 aliphatic rings. The highest BCUT2D eigenvalue weighted by Gasteiger charge is 2.21. The number of aromatic nitrogens is 2. The van der Waals surface area contributed by atoms with Crippen molar-refractivity contribution in [2.45, 2.75) is 25.8 Å². The molecule has 0 aliphatic carbocycles. The van der Waals surface area contributed by atoms with Gasteiger partial charge in [0, 0.05) is 11.6 Å². The van der Waals surface area contributed by atoms with Gasteiger partial charge in [-0.15, -0.1) is 5.10 Å². The molecule has 2 heterocycles. The Morgan fingerprint density at radius 2 is 2.17 bits per heavy atom. The average Bonchev–Trinajstić information content (AvgIpc) is 3.02. The summed E-state index contributed by atoms with van der Waals surface area (Å²) in [5.74, 6) is 1.09. The molecular weight excluding hydrogens is 296 g/mol. The van der Waals surface area contributed by atoms with Crippen LogP contribution in [0, 0.1) is 5.92 Å². The lowest BCUT2D eigenvalue weighted by Crippen LogP contribution is -2.36. The van der Waals surface area contributed by atoms with Crippen LogP contribution < -0.4 is 21.1 Å². The number of methoxy groups -OCH3 is 1. The highest BCUT2D eigenvalue weighted by atomic mass is 16.5. The van der Waals surface area contributed by atoms with Crippen LogP contribution in [0.1, 0.15) is 19.8 Å². The van der Waals surface area contributed by atoms with E-state index >= 15 is 0 Å². The van der Waals surface area contributed by atoms with Gasteiger partial charge in [0.25, 0.3) is 0 Å². The van der Waals surface area contributed by atoms with E-state index in [-0.39, 0.29) is 5.89 Å². The third-order valence-electron chi connectivity index (χ3n) is 4.36. The number of piperidine rings is 1. The molecule has 1 unspecified atom stereocenters. The molecule has 1 fully saturated rings.